The number of benzene rings is 3. The summed E-state index contributed by atoms with van der Waals surface area (Å²) in [5.41, 5.74) is -1.33. The lowest BCUT2D eigenvalue weighted by Crippen LogP contribution is -2.44. The minimum atomic E-state index is -2.02. The topological polar surface area (TPSA) is 69.6 Å². The van der Waals surface area contributed by atoms with Crippen LogP contribution in [0.3, 0.4) is 0 Å². The molecule has 0 aliphatic carbocycles. The zero-order valence-corrected chi connectivity index (χ0v) is 16.2. The van der Waals surface area contributed by atoms with E-state index in [4.69, 9.17) is 11.6 Å². The van der Waals surface area contributed by atoms with Crippen LogP contribution < -0.4 is 10.2 Å². The Morgan fingerprint density at radius 1 is 1.07 bits per heavy atom. The van der Waals surface area contributed by atoms with Gasteiger partial charge in [0.05, 0.1) is 11.4 Å². The third-order valence-corrected chi connectivity index (χ3v) is 5.12. The molecule has 152 valence electrons. The van der Waals surface area contributed by atoms with Crippen LogP contribution in [0.15, 0.2) is 66.7 Å². The second-order valence-electron chi connectivity index (χ2n) is 6.80. The van der Waals surface area contributed by atoms with Crippen LogP contribution in [0, 0.1) is 11.6 Å². The van der Waals surface area contributed by atoms with Crippen molar-refractivity contribution in [2.45, 2.75) is 5.60 Å². The zero-order valence-electron chi connectivity index (χ0n) is 15.4. The van der Waals surface area contributed by atoms with Gasteiger partial charge in [0.1, 0.15) is 18.2 Å². The lowest BCUT2D eigenvalue weighted by Gasteiger charge is -2.23. The molecule has 0 saturated carbocycles. The Morgan fingerprint density at radius 3 is 2.57 bits per heavy atom. The molecule has 4 rings (SSSR count). The SMILES string of the molecule is O=C(CN1C(=O)[C@@](O)(c2cccc(Cl)c2)c2ccccc21)Nc1ccc(F)cc1F. The first-order valence-electron chi connectivity index (χ1n) is 8.95. The van der Waals surface area contributed by atoms with Crippen molar-refractivity contribution in [3.8, 4) is 0 Å². The number of nitrogens with zero attached hydrogens (tertiary/aromatic N) is 1. The van der Waals surface area contributed by atoms with Gasteiger partial charge in [-0.2, -0.15) is 0 Å². The number of fused-ring (bicyclic) bond motifs is 1. The Morgan fingerprint density at radius 2 is 1.83 bits per heavy atom. The lowest BCUT2D eigenvalue weighted by molar-refractivity contribution is -0.133. The molecule has 0 saturated heterocycles. The molecule has 1 aliphatic heterocycles. The molecular weight excluding hydrogens is 414 g/mol. The molecule has 0 bridgehead atoms. The maximum Gasteiger partial charge on any atom is 0.268 e. The van der Waals surface area contributed by atoms with Gasteiger partial charge in [-0.05, 0) is 35.9 Å². The van der Waals surface area contributed by atoms with E-state index in [1.54, 1.807) is 42.5 Å². The van der Waals surface area contributed by atoms with Gasteiger partial charge in [-0.15, -0.1) is 0 Å². The summed E-state index contributed by atoms with van der Waals surface area (Å²) in [7, 11) is 0. The van der Waals surface area contributed by atoms with Crippen molar-refractivity contribution in [3.63, 3.8) is 0 Å². The third kappa shape index (κ3) is 3.32. The van der Waals surface area contributed by atoms with Crippen molar-refractivity contribution in [2.75, 3.05) is 16.8 Å². The van der Waals surface area contributed by atoms with E-state index in [-0.39, 0.29) is 11.3 Å². The number of para-hydroxylation sites is 1. The van der Waals surface area contributed by atoms with Gasteiger partial charge < -0.3 is 10.4 Å². The number of carbonyl (C=O) groups excluding carboxylic acids is 2. The van der Waals surface area contributed by atoms with Crippen LogP contribution >= 0.6 is 11.6 Å². The number of anilines is 2. The van der Waals surface area contributed by atoms with Crippen LogP contribution in [0.4, 0.5) is 20.2 Å². The van der Waals surface area contributed by atoms with Crippen LogP contribution in [0.25, 0.3) is 0 Å². The van der Waals surface area contributed by atoms with E-state index in [1.807, 2.05) is 0 Å². The highest BCUT2D eigenvalue weighted by Gasteiger charge is 2.51. The number of aliphatic hydroxyl groups is 1. The fourth-order valence-electron chi connectivity index (χ4n) is 3.51. The number of carbonyl (C=O) groups is 2. The van der Waals surface area contributed by atoms with Gasteiger partial charge >= 0.3 is 0 Å². The standard InChI is InChI=1S/C22H15ClF2N2O3/c23-14-5-3-4-13(10-14)22(30)16-6-1-2-7-19(16)27(21(22)29)12-20(28)26-18-9-8-15(24)11-17(18)25/h1-11,30H,12H2,(H,26,28)/t22-/m1/s1. The predicted octanol–water partition coefficient (Wildman–Crippen LogP) is 3.84. The maximum absolute atomic E-state index is 13.8. The largest absolute Gasteiger partial charge is 0.372 e. The molecule has 2 N–H and O–H groups in total. The number of nitrogens with one attached hydrogen (secondary N) is 1. The van der Waals surface area contributed by atoms with Crippen LogP contribution in [-0.4, -0.2) is 23.5 Å². The van der Waals surface area contributed by atoms with Gasteiger partial charge in [0.15, 0.2) is 5.60 Å². The smallest absolute Gasteiger partial charge is 0.268 e. The molecular formula is C22H15ClF2N2O3. The molecule has 8 heteroatoms. The number of amides is 2. The molecule has 0 unspecified atom stereocenters. The Balaban J connectivity index is 1.66. The van der Waals surface area contributed by atoms with Crippen molar-refractivity contribution in [1.82, 2.24) is 0 Å². The first-order valence-corrected chi connectivity index (χ1v) is 9.33. The number of hydrogen-bond acceptors (Lipinski definition) is 3. The van der Waals surface area contributed by atoms with Gasteiger partial charge in [-0.1, -0.05) is 41.9 Å². The number of hydrogen-bond donors (Lipinski definition) is 2. The summed E-state index contributed by atoms with van der Waals surface area (Å²) in [5.74, 6) is -3.16. The molecule has 0 fully saturated rings. The average Bonchev–Trinajstić information content (AvgIpc) is 2.93. The first-order chi connectivity index (χ1) is 14.3. The van der Waals surface area contributed by atoms with Gasteiger partial charge in [0.2, 0.25) is 5.91 Å². The Hall–Kier alpha value is -3.29. The Kier molecular flexibility index (Phi) is 5.01. The van der Waals surface area contributed by atoms with E-state index in [0.29, 0.717) is 22.3 Å². The molecule has 2 amide bonds. The normalized spacial score (nSPS) is 17.7. The molecule has 0 aromatic heterocycles. The average molecular weight is 429 g/mol. The fourth-order valence-corrected chi connectivity index (χ4v) is 3.70. The maximum atomic E-state index is 13.8. The second-order valence-corrected chi connectivity index (χ2v) is 7.24. The van der Waals surface area contributed by atoms with Crippen molar-refractivity contribution in [2.24, 2.45) is 0 Å². The molecule has 3 aromatic rings. The lowest BCUT2D eigenvalue weighted by atomic mass is 9.87. The minimum absolute atomic E-state index is 0.216. The Bertz CT molecular complexity index is 1170. The monoisotopic (exact) mass is 428 g/mol. The summed E-state index contributed by atoms with van der Waals surface area (Å²) in [6.07, 6.45) is 0. The fraction of sp³-hybridized carbons (Fsp3) is 0.0909. The molecule has 1 aliphatic rings. The predicted molar refractivity (Wildman–Crippen MR) is 108 cm³/mol. The molecule has 0 radical (unpaired) electrons. The Labute approximate surface area is 175 Å². The van der Waals surface area contributed by atoms with Gasteiger partial charge in [0.25, 0.3) is 5.91 Å². The molecule has 30 heavy (non-hydrogen) atoms. The molecule has 1 heterocycles. The van der Waals surface area contributed by atoms with Crippen molar-refractivity contribution in [3.05, 3.63) is 94.5 Å². The molecule has 0 spiro atoms. The summed E-state index contributed by atoms with van der Waals surface area (Å²) in [6, 6.07) is 15.5. The first kappa shape index (κ1) is 20.0. The number of rotatable bonds is 4. The van der Waals surface area contributed by atoms with E-state index in [2.05, 4.69) is 5.32 Å². The second kappa shape index (κ2) is 7.51. The summed E-state index contributed by atoms with van der Waals surface area (Å²) in [6.45, 7) is -0.477. The highest BCUT2D eigenvalue weighted by Crippen LogP contribution is 2.44. The van der Waals surface area contributed by atoms with E-state index in [9.17, 15) is 23.5 Å². The minimum Gasteiger partial charge on any atom is -0.372 e. The quantitative estimate of drug-likeness (QED) is 0.663. The molecule has 3 aromatic carbocycles. The van der Waals surface area contributed by atoms with Crippen LogP contribution in [0.2, 0.25) is 5.02 Å². The van der Waals surface area contributed by atoms with Gasteiger partial charge in [-0.25, -0.2) is 8.78 Å². The zero-order chi connectivity index (χ0) is 21.5. The van der Waals surface area contributed by atoms with E-state index in [0.717, 1.165) is 17.0 Å². The van der Waals surface area contributed by atoms with Crippen molar-refractivity contribution in [1.29, 1.82) is 0 Å². The van der Waals surface area contributed by atoms with Crippen molar-refractivity contribution >= 4 is 34.8 Å². The third-order valence-electron chi connectivity index (χ3n) is 4.89. The van der Waals surface area contributed by atoms with E-state index < -0.39 is 35.6 Å². The van der Waals surface area contributed by atoms with Crippen LogP contribution in [-0.2, 0) is 15.2 Å². The highest BCUT2D eigenvalue weighted by atomic mass is 35.5. The van der Waals surface area contributed by atoms with E-state index >= 15 is 0 Å². The van der Waals surface area contributed by atoms with Crippen LogP contribution in [0.1, 0.15) is 11.1 Å². The highest BCUT2D eigenvalue weighted by molar-refractivity contribution is 6.30. The summed E-state index contributed by atoms with van der Waals surface area (Å²) >= 11 is 6.03. The van der Waals surface area contributed by atoms with E-state index in [1.165, 1.54) is 6.07 Å². The van der Waals surface area contributed by atoms with Gasteiger partial charge in [0, 0.05) is 16.7 Å². The summed E-state index contributed by atoms with van der Waals surface area (Å²) < 4.78 is 26.9. The summed E-state index contributed by atoms with van der Waals surface area (Å²) in [5, 5.41) is 14.0. The van der Waals surface area contributed by atoms with Gasteiger partial charge in [-0.3, -0.25) is 14.5 Å². The molecule has 5 nitrogen and oxygen atoms in total. The number of halogens is 3. The summed E-state index contributed by atoms with van der Waals surface area (Å²) in [4.78, 5) is 26.8. The van der Waals surface area contributed by atoms with Crippen molar-refractivity contribution < 1.29 is 23.5 Å². The van der Waals surface area contributed by atoms with Crippen LogP contribution in [0.5, 0.6) is 0 Å². The molecule has 1 atom stereocenters.